The minimum atomic E-state index is -4.68. The first-order valence-corrected chi connectivity index (χ1v) is 5.76. The summed E-state index contributed by atoms with van der Waals surface area (Å²) in [7, 11) is 2.78. The van der Waals surface area contributed by atoms with Gasteiger partial charge in [-0.1, -0.05) is 0 Å². The van der Waals surface area contributed by atoms with Crippen molar-refractivity contribution in [1.82, 2.24) is 9.97 Å². The summed E-state index contributed by atoms with van der Waals surface area (Å²) in [4.78, 5) is 16.6. The third kappa shape index (κ3) is 3.15. The lowest BCUT2D eigenvalue weighted by molar-refractivity contribution is -0.141. The fourth-order valence-corrected chi connectivity index (χ4v) is 1.76. The summed E-state index contributed by atoms with van der Waals surface area (Å²) in [6.07, 6.45) is -4.68. The maximum Gasteiger partial charge on any atom is 0.431 e. The molecule has 0 aliphatic rings. The second kappa shape index (κ2) is 5.47. The third-order valence-electron chi connectivity index (χ3n) is 2.73. The highest BCUT2D eigenvalue weighted by Gasteiger charge is 2.32. The van der Waals surface area contributed by atoms with Crippen LogP contribution in [-0.4, -0.2) is 24.2 Å². The summed E-state index contributed by atoms with van der Waals surface area (Å²) < 4.78 is 48.3. The van der Waals surface area contributed by atoms with Gasteiger partial charge in [-0.25, -0.2) is 4.79 Å². The van der Waals surface area contributed by atoms with Crippen molar-refractivity contribution in [2.24, 2.45) is 0 Å². The Labute approximate surface area is 117 Å². The monoisotopic (exact) mass is 300 g/mol. The summed E-state index contributed by atoms with van der Waals surface area (Å²) >= 11 is 0. The van der Waals surface area contributed by atoms with Gasteiger partial charge in [0.25, 0.3) is 0 Å². The van der Waals surface area contributed by atoms with Gasteiger partial charge in [-0.15, -0.1) is 0 Å². The van der Waals surface area contributed by atoms with Crippen LogP contribution in [0.1, 0.15) is 5.69 Å². The number of nitrogens with one attached hydrogen (secondary N) is 1. The van der Waals surface area contributed by atoms with Crippen LogP contribution in [0.4, 0.5) is 13.2 Å². The second-order valence-electron chi connectivity index (χ2n) is 4.05. The molecule has 1 heterocycles. The summed E-state index contributed by atoms with van der Waals surface area (Å²) in [5, 5.41) is 0. The predicted octanol–water partition coefficient (Wildman–Crippen LogP) is 2.47. The summed E-state index contributed by atoms with van der Waals surface area (Å²) in [6, 6.07) is 5.30. The molecule has 0 saturated carbocycles. The van der Waals surface area contributed by atoms with Gasteiger partial charge in [-0.2, -0.15) is 18.2 Å². The highest BCUT2D eigenvalue weighted by molar-refractivity contribution is 5.69. The SMILES string of the molecule is COc1ccc(OC)c(-c2cc(C(F)(F)F)[nH]c(=O)n2)c1. The van der Waals surface area contributed by atoms with Gasteiger partial charge < -0.3 is 14.5 Å². The number of benzene rings is 1. The zero-order valence-corrected chi connectivity index (χ0v) is 11.1. The Morgan fingerprint density at radius 2 is 1.86 bits per heavy atom. The number of rotatable bonds is 3. The Kier molecular flexibility index (Phi) is 3.88. The highest BCUT2D eigenvalue weighted by atomic mass is 19.4. The van der Waals surface area contributed by atoms with Crippen LogP contribution >= 0.6 is 0 Å². The maximum atomic E-state index is 12.7. The first-order valence-electron chi connectivity index (χ1n) is 5.76. The van der Waals surface area contributed by atoms with Crippen LogP contribution in [0.15, 0.2) is 29.1 Å². The number of alkyl halides is 3. The molecule has 2 rings (SSSR count). The molecule has 21 heavy (non-hydrogen) atoms. The second-order valence-corrected chi connectivity index (χ2v) is 4.05. The topological polar surface area (TPSA) is 64.2 Å². The molecular weight excluding hydrogens is 289 g/mol. The molecule has 0 unspecified atom stereocenters. The van der Waals surface area contributed by atoms with Crippen LogP contribution in [-0.2, 0) is 6.18 Å². The van der Waals surface area contributed by atoms with E-state index >= 15 is 0 Å². The van der Waals surface area contributed by atoms with Crippen molar-refractivity contribution in [2.75, 3.05) is 14.2 Å². The highest BCUT2D eigenvalue weighted by Crippen LogP contribution is 2.34. The molecule has 8 heteroatoms. The normalized spacial score (nSPS) is 11.3. The first-order chi connectivity index (χ1) is 9.85. The molecule has 0 amide bonds. The van der Waals surface area contributed by atoms with E-state index in [1.807, 2.05) is 0 Å². The number of aromatic nitrogens is 2. The third-order valence-corrected chi connectivity index (χ3v) is 2.73. The van der Waals surface area contributed by atoms with E-state index in [1.165, 1.54) is 26.4 Å². The van der Waals surface area contributed by atoms with E-state index < -0.39 is 17.6 Å². The molecule has 0 fully saturated rings. The fourth-order valence-electron chi connectivity index (χ4n) is 1.76. The smallest absolute Gasteiger partial charge is 0.431 e. The molecule has 0 saturated heterocycles. The van der Waals surface area contributed by atoms with E-state index in [0.29, 0.717) is 5.75 Å². The molecule has 5 nitrogen and oxygen atoms in total. The van der Waals surface area contributed by atoms with Crippen LogP contribution in [0.2, 0.25) is 0 Å². The van der Waals surface area contributed by atoms with Crippen LogP contribution in [0.3, 0.4) is 0 Å². The van der Waals surface area contributed by atoms with Gasteiger partial charge >= 0.3 is 11.9 Å². The lowest BCUT2D eigenvalue weighted by atomic mass is 10.1. The van der Waals surface area contributed by atoms with E-state index in [0.717, 1.165) is 6.07 Å². The zero-order chi connectivity index (χ0) is 15.6. The molecule has 2 aromatic rings. The summed E-state index contributed by atoms with van der Waals surface area (Å²) in [5.74, 6) is 0.684. The standard InChI is InChI=1S/C13H11F3N2O3/c1-20-7-3-4-10(21-2)8(5-7)9-6-11(13(14,15)16)18-12(19)17-9/h3-6H,1-2H3,(H,17,18,19). The van der Waals surface area contributed by atoms with Crippen molar-refractivity contribution in [1.29, 1.82) is 0 Å². The van der Waals surface area contributed by atoms with Gasteiger partial charge in [0.15, 0.2) is 0 Å². The molecule has 1 aromatic heterocycles. The van der Waals surface area contributed by atoms with Gasteiger partial charge in [-0.3, -0.25) is 0 Å². The molecule has 112 valence electrons. The Balaban J connectivity index is 2.66. The molecule has 0 atom stereocenters. The van der Waals surface area contributed by atoms with Crippen molar-refractivity contribution in [3.63, 3.8) is 0 Å². The quantitative estimate of drug-likeness (QED) is 0.945. The van der Waals surface area contributed by atoms with Crippen molar-refractivity contribution in [3.8, 4) is 22.8 Å². The van der Waals surface area contributed by atoms with E-state index in [1.54, 1.807) is 11.1 Å². The Bertz CT molecular complexity index is 711. The fraction of sp³-hybridized carbons (Fsp3) is 0.231. The first kappa shape index (κ1) is 14.9. The van der Waals surface area contributed by atoms with Crippen molar-refractivity contribution >= 4 is 0 Å². The average molecular weight is 300 g/mol. The number of ether oxygens (including phenoxy) is 2. The van der Waals surface area contributed by atoms with Crippen LogP contribution in [0.5, 0.6) is 11.5 Å². The number of aromatic amines is 1. The van der Waals surface area contributed by atoms with Gasteiger partial charge in [-0.05, 0) is 24.3 Å². The van der Waals surface area contributed by atoms with Gasteiger partial charge in [0.2, 0.25) is 0 Å². The lowest BCUT2D eigenvalue weighted by Crippen LogP contribution is -2.19. The maximum absolute atomic E-state index is 12.7. The van der Waals surface area contributed by atoms with Gasteiger partial charge in [0, 0.05) is 5.56 Å². The van der Waals surface area contributed by atoms with Crippen LogP contribution < -0.4 is 15.2 Å². The van der Waals surface area contributed by atoms with Crippen molar-refractivity contribution in [2.45, 2.75) is 6.18 Å². The number of hydrogen-bond donors (Lipinski definition) is 1. The van der Waals surface area contributed by atoms with Gasteiger partial charge in [0.1, 0.15) is 17.2 Å². The molecular formula is C13H11F3N2O3. The van der Waals surface area contributed by atoms with Crippen molar-refractivity contribution in [3.05, 3.63) is 40.4 Å². The number of halogens is 3. The average Bonchev–Trinajstić information content (AvgIpc) is 2.45. The number of H-pyrrole nitrogens is 1. The van der Waals surface area contributed by atoms with Crippen LogP contribution in [0.25, 0.3) is 11.3 Å². The Morgan fingerprint density at radius 1 is 1.14 bits per heavy atom. The van der Waals surface area contributed by atoms with Gasteiger partial charge in [0.05, 0.1) is 19.9 Å². The molecule has 0 spiro atoms. The van der Waals surface area contributed by atoms with Crippen LogP contribution in [0, 0.1) is 0 Å². The summed E-state index contributed by atoms with van der Waals surface area (Å²) in [5.41, 5.74) is -2.19. The van der Waals surface area contributed by atoms with E-state index in [9.17, 15) is 18.0 Å². The van der Waals surface area contributed by atoms with E-state index in [2.05, 4.69) is 4.98 Å². The molecule has 1 N–H and O–H groups in total. The molecule has 0 radical (unpaired) electrons. The molecule has 0 bridgehead atoms. The number of methoxy groups -OCH3 is 2. The van der Waals surface area contributed by atoms with E-state index in [4.69, 9.17) is 9.47 Å². The molecule has 0 aliphatic carbocycles. The van der Waals surface area contributed by atoms with Crippen molar-refractivity contribution < 1.29 is 22.6 Å². The predicted molar refractivity (Wildman–Crippen MR) is 68.4 cm³/mol. The number of nitrogens with zero attached hydrogens (tertiary/aromatic N) is 1. The van der Waals surface area contributed by atoms with E-state index in [-0.39, 0.29) is 17.0 Å². The lowest BCUT2D eigenvalue weighted by Gasteiger charge is -2.11. The molecule has 1 aromatic carbocycles. The minimum absolute atomic E-state index is 0.151. The largest absolute Gasteiger partial charge is 0.497 e. The Hall–Kier alpha value is -2.51. The summed E-state index contributed by atoms with van der Waals surface area (Å²) in [6.45, 7) is 0. The molecule has 0 aliphatic heterocycles. The minimum Gasteiger partial charge on any atom is -0.497 e. The number of hydrogen-bond acceptors (Lipinski definition) is 4. The zero-order valence-electron chi connectivity index (χ0n) is 11.1. The Morgan fingerprint density at radius 3 is 2.43 bits per heavy atom.